The molecule has 0 fully saturated rings. The van der Waals surface area contributed by atoms with E-state index in [1.807, 2.05) is 6.92 Å². The van der Waals surface area contributed by atoms with Crippen LogP contribution >= 0.6 is 0 Å². The zero-order chi connectivity index (χ0) is 14.7. The maximum Gasteiger partial charge on any atom is 0.252 e. The molecule has 1 atom stereocenters. The van der Waals surface area contributed by atoms with Crippen LogP contribution in [-0.4, -0.2) is 29.1 Å². The fourth-order valence-electron chi connectivity index (χ4n) is 2.26. The Kier molecular flexibility index (Phi) is 3.77. The summed E-state index contributed by atoms with van der Waals surface area (Å²) in [6.07, 6.45) is 4.17. The number of ether oxygens (including phenoxy) is 2. The summed E-state index contributed by atoms with van der Waals surface area (Å²) < 4.78 is 10.9. The van der Waals surface area contributed by atoms with Gasteiger partial charge >= 0.3 is 0 Å². The molecule has 1 aliphatic rings. The number of rotatable bonds is 4. The van der Waals surface area contributed by atoms with Crippen molar-refractivity contribution in [1.82, 2.24) is 15.3 Å². The van der Waals surface area contributed by atoms with Gasteiger partial charge in [0.25, 0.3) is 5.91 Å². The Balaban J connectivity index is 1.75. The first-order chi connectivity index (χ1) is 10.3. The second kappa shape index (κ2) is 5.87. The molecule has 0 saturated heterocycles. The number of H-pyrrole nitrogens is 1. The number of imidazole rings is 1. The first-order valence-electron chi connectivity index (χ1n) is 6.97. The van der Waals surface area contributed by atoms with E-state index in [-0.39, 0.29) is 11.9 Å². The SMILES string of the molecule is CCC(NC(=O)c1ccc2c(c1)OCCO2)c1ncc[nH]1. The summed E-state index contributed by atoms with van der Waals surface area (Å²) in [6.45, 7) is 3.04. The van der Waals surface area contributed by atoms with Crippen molar-refractivity contribution in [2.24, 2.45) is 0 Å². The number of amides is 1. The number of nitrogens with one attached hydrogen (secondary N) is 2. The largest absolute Gasteiger partial charge is 0.486 e. The lowest BCUT2D eigenvalue weighted by molar-refractivity contribution is 0.0932. The van der Waals surface area contributed by atoms with Crippen LogP contribution in [0.4, 0.5) is 0 Å². The quantitative estimate of drug-likeness (QED) is 0.902. The number of benzene rings is 1. The van der Waals surface area contributed by atoms with Gasteiger partial charge in [-0.2, -0.15) is 0 Å². The normalized spacial score (nSPS) is 14.5. The van der Waals surface area contributed by atoms with Gasteiger partial charge in [-0.05, 0) is 24.6 Å². The molecule has 2 N–H and O–H groups in total. The van der Waals surface area contributed by atoms with Crippen molar-refractivity contribution < 1.29 is 14.3 Å². The van der Waals surface area contributed by atoms with E-state index in [0.717, 1.165) is 12.2 Å². The van der Waals surface area contributed by atoms with Gasteiger partial charge in [-0.15, -0.1) is 0 Å². The van der Waals surface area contributed by atoms with Crippen molar-refractivity contribution in [1.29, 1.82) is 0 Å². The van der Waals surface area contributed by atoms with Crippen LogP contribution in [0.2, 0.25) is 0 Å². The van der Waals surface area contributed by atoms with Gasteiger partial charge in [-0.1, -0.05) is 6.92 Å². The molecular weight excluding hydrogens is 270 g/mol. The highest BCUT2D eigenvalue weighted by Gasteiger charge is 2.18. The zero-order valence-electron chi connectivity index (χ0n) is 11.8. The van der Waals surface area contributed by atoms with Gasteiger partial charge in [0.15, 0.2) is 11.5 Å². The van der Waals surface area contributed by atoms with E-state index in [0.29, 0.717) is 30.3 Å². The molecular formula is C15H17N3O3. The van der Waals surface area contributed by atoms with E-state index < -0.39 is 0 Å². The predicted octanol–water partition coefficient (Wildman–Crippen LogP) is 2.06. The van der Waals surface area contributed by atoms with Crippen molar-refractivity contribution in [2.75, 3.05) is 13.2 Å². The molecule has 1 aliphatic heterocycles. The Morgan fingerprint density at radius 2 is 2.19 bits per heavy atom. The molecule has 0 bridgehead atoms. The summed E-state index contributed by atoms with van der Waals surface area (Å²) in [4.78, 5) is 19.6. The fourth-order valence-corrected chi connectivity index (χ4v) is 2.26. The molecule has 0 radical (unpaired) electrons. The third-order valence-corrected chi connectivity index (χ3v) is 3.37. The average Bonchev–Trinajstić information content (AvgIpc) is 3.06. The van der Waals surface area contributed by atoms with E-state index in [4.69, 9.17) is 9.47 Å². The smallest absolute Gasteiger partial charge is 0.252 e. The van der Waals surface area contributed by atoms with Crippen LogP contribution in [0.5, 0.6) is 11.5 Å². The second-order valence-corrected chi connectivity index (χ2v) is 4.77. The van der Waals surface area contributed by atoms with Crippen LogP contribution in [-0.2, 0) is 0 Å². The summed E-state index contributed by atoms with van der Waals surface area (Å²) in [7, 11) is 0. The van der Waals surface area contributed by atoms with Crippen molar-refractivity contribution in [3.63, 3.8) is 0 Å². The number of carbonyl (C=O) groups is 1. The van der Waals surface area contributed by atoms with Crippen LogP contribution < -0.4 is 14.8 Å². The molecule has 1 aromatic heterocycles. The minimum Gasteiger partial charge on any atom is -0.486 e. The van der Waals surface area contributed by atoms with Crippen molar-refractivity contribution >= 4 is 5.91 Å². The lowest BCUT2D eigenvalue weighted by Gasteiger charge is -2.19. The third-order valence-electron chi connectivity index (χ3n) is 3.37. The molecule has 0 spiro atoms. The molecule has 3 rings (SSSR count). The predicted molar refractivity (Wildman–Crippen MR) is 76.5 cm³/mol. The van der Waals surface area contributed by atoms with Crippen molar-refractivity contribution in [3.8, 4) is 11.5 Å². The highest BCUT2D eigenvalue weighted by molar-refractivity contribution is 5.95. The Hall–Kier alpha value is -2.50. The Morgan fingerprint density at radius 3 is 2.90 bits per heavy atom. The molecule has 1 aromatic carbocycles. The lowest BCUT2D eigenvalue weighted by Crippen LogP contribution is -2.29. The number of hydrogen-bond acceptors (Lipinski definition) is 4. The minimum atomic E-state index is -0.157. The monoisotopic (exact) mass is 287 g/mol. The molecule has 110 valence electrons. The summed E-state index contributed by atoms with van der Waals surface area (Å²) in [6, 6.07) is 5.06. The number of nitrogens with zero attached hydrogens (tertiary/aromatic N) is 1. The van der Waals surface area contributed by atoms with Crippen molar-refractivity contribution in [3.05, 3.63) is 42.0 Å². The number of aromatic nitrogens is 2. The molecule has 6 nitrogen and oxygen atoms in total. The lowest BCUT2D eigenvalue weighted by atomic mass is 10.1. The van der Waals surface area contributed by atoms with Gasteiger partial charge in [-0.3, -0.25) is 4.79 Å². The van der Waals surface area contributed by atoms with Crippen LogP contribution in [0.15, 0.2) is 30.6 Å². The molecule has 1 amide bonds. The van der Waals surface area contributed by atoms with E-state index >= 15 is 0 Å². The summed E-state index contributed by atoms with van der Waals surface area (Å²) >= 11 is 0. The number of hydrogen-bond donors (Lipinski definition) is 2. The molecule has 0 aliphatic carbocycles. The van der Waals surface area contributed by atoms with E-state index in [1.54, 1.807) is 30.6 Å². The maximum atomic E-state index is 12.3. The van der Waals surface area contributed by atoms with Crippen LogP contribution in [0.3, 0.4) is 0 Å². The van der Waals surface area contributed by atoms with Gasteiger partial charge in [-0.25, -0.2) is 4.98 Å². The third kappa shape index (κ3) is 2.84. The summed E-state index contributed by atoms with van der Waals surface area (Å²) in [5.41, 5.74) is 0.546. The topological polar surface area (TPSA) is 76.2 Å². The standard InChI is InChI=1S/C15H17N3O3/c1-2-11(14-16-5-6-17-14)18-15(19)10-3-4-12-13(9-10)21-8-7-20-12/h3-6,9,11H,2,7-8H2,1H3,(H,16,17)(H,18,19). The van der Waals surface area contributed by atoms with Gasteiger partial charge in [0.05, 0.1) is 6.04 Å². The molecule has 2 heterocycles. The highest BCUT2D eigenvalue weighted by Crippen LogP contribution is 2.30. The number of aromatic amines is 1. The fraction of sp³-hybridized carbons (Fsp3) is 0.333. The molecule has 2 aromatic rings. The van der Waals surface area contributed by atoms with Gasteiger partial charge < -0.3 is 19.8 Å². The van der Waals surface area contributed by atoms with Gasteiger partial charge in [0.1, 0.15) is 19.0 Å². The highest BCUT2D eigenvalue weighted by atomic mass is 16.6. The zero-order valence-corrected chi connectivity index (χ0v) is 11.8. The van der Waals surface area contributed by atoms with Crippen LogP contribution in [0.25, 0.3) is 0 Å². The number of fused-ring (bicyclic) bond motifs is 1. The average molecular weight is 287 g/mol. The van der Waals surface area contributed by atoms with Crippen LogP contribution in [0, 0.1) is 0 Å². The number of carbonyl (C=O) groups excluding carboxylic acids is 1. The van der Waals surface area contributed by atoms with E-state index in [1.165, 1.54) is 0 Å². The van der Waals surface area contributed by atoms with Gasteiger partial charge in [0.2, 0.25) is 0 Å². The van der Waals surface area contributed by atoms with Crippen molar-refractivity contribution in [2.45, 2.75) is 19.4 Å². The molecule has 0 saturated carbocycles. The summed E-state index contributed by atoms with van der Waals surface area (Å²) in [5.74, 6) is 1.88. The second-order valence-electron chi connectivity index (χ2n) is 4.77. The summed E-state index contributed by atoms with van der Waals surface area (Å²) in [5, 5.41) is 2.96. The van der Waals surface area contributed by atoms with E-state index in [9.17, 15) is 4.79 Å². The van der Waals surface area contributed by atoms with Crippen LogP contribution in [0.1, 0.15) is 35.6 Å². The Labute approximate surface area is 122 Å². The van der Waals surface area contributed by atoms with E-state index in [2.05, 4.69) is 15.3 Å². The Bertz CT molecular complexity index is 625. The minimum absolute atomic E-state index is 0.138. The molecule has 1 unspecified atom stereocenters. The maximum absolute atomic E-state index is 12.3. The molecule has 21 heavy (non-hydrogen) atoms. The van der Waals surface area contributed by atoms with Gasteiger partial charge in [0, 0.05) is 18.0 Å². The first kappa shape index (κ1) is 13.5. The molecule has 6 heteroatoms. The first-order valence-corrected chi connectivity index (χ1v) is 6.97. The Morgan fingerprint density at radius 1 is 1.38 bits per heavy atom.